The molecule has 1 aliphatic heterocycles. The Hall–Kier alpha value is -1.37. The number of halogens is 3. The molecule has 106 valence electrons. The van der Waals surface area contributed by atoms with Crippen LogP contribution in [0, 0.1) is 0 Å². The maximum Gasteiger partial charge on any atom is 0.435 e. The quantitative estimate of drug-likeness (QED) is 0.826. The molecule has 19 heavy (non-hydrogen) atoms. The Bertz CT molecular complexity index is 418. The SMILES string of the molecule is CN1CCC[C@H](N(C)c2ccc(C(F)(F)F)nn2)C1. The molecule has 1 fully saturated rings. The second-order valence-electron chi connectivity index (χ2n) is 4.94. The van der Waals surface area contributed by atoms with Gasteiger partial charge in [0.1, 0.15) is 0 Å². The van der Waals surface area contributed by atoms with E-state index in [0.717, 1.165) is 32.0 Å². The van der Waals surface area contributed by atoms with E-state index < -0.39 is 11.9 Å². The van der Waals surface area contributed by atoms with Crippen LogP contribution in [-0.4, -0.2) is 48.3 Å². The van der Waals surface area contributed by atoms with E-state index >= 15 is 0 Å². The van der Waals surface area contributed by atoms with Crippen molar-refractivity contribution in [3.05, 3.63) is 17.8 Å². The first kappa shape index (κ1) is 14.0. The number of likely N-dealkylation sites (tertiary alicyclic amines) is 1. The highest BCUT2D eigenvalue weighted by atomic mass is 19.4. The van der Waals surface area contributed by atoms with E-state index in [1.54, 1.807) is 0 Å². The lowest BCUT2D eigenvalue weighted by Crippen LogP contribution is -2.45. The van der Waals surface area contributed by atoms with Gasteiger partial charge in [0.2, 0.25) is 0 Å². The van der Waals surface area contributed by atoms with Gasteiger partial charge in [0.15, 0.2) is 11.5 Å². The molecule has 4 nitrogen and oxygen atoms in total. The topological polar surface area (TPSA) is 32.3 Å². The van der Waals surface area contributed by atoms with Gasteiger partial charge in [-0.15, -0.1) is 10.2 Å². The van der Waals surface area contributed by atoms with Crippen molar-refractivity contribution in [3.8, 4) is 0 Å². The van der Waals surface area contributed by atoms with Gasteiger partial charge in [-0.25, -0.2) is 0 Å². The van der Waals surface area contributed by atoms with Gasteiger partial charge < -0.3 is 9.80 Å². The van der Waals surface area contributed by atoms with Crippen LogP contribution in [-0.2, 0) is 6.18 Å². The molecule has 0 unspecified atom stereocenters. The fourth-order valence-electron chi connectivity index (χ4n) is 2.31. The molecule has 0 N–H and O–H groups in total. The lowest BCUT2D eigenvalue weighted by atomic mass is 10.1. The molecule has 0 aliphatic carbocycles. The Morgan fingerprint density at radius 2 is 2.05 bits per heavy atom. The maximum absolute atomic E-state index is 12.4. The Kier molecular flexibility index (Phi) is 3.93. The summed E-state index contributed by atoms with van der Waals surface area (Å²) in [7, 11) is 3.89. The second-order valence-corrected chi connectivity index (χ2v) is 4.94. The molecule has 0 radical (unpaired) electrons. The number of piperidine rings is 1. The molecule has 0 amide bonds. The zero-order chi connectivity index (χ0) is 14.0. The first-order chi connectivity index (χ1) is 8.88. The lowest BCUT2D eigenvalue weighted by molar-refractivity contribution is -0.141. The smallest absolute Gasteiger partial charge is 0.354 e. The largest absolute Gasteiger partial charge is 0.435 e. The average Bonchev–Trinajstić information content (AvgIpc) is 2.37. The zero-order valence-electron chi connectivity index (χ0n) is 11.0. The van der Waals surface area contributed by atoms with Gasteiger partial charge in [-0.2, -0.15) is 13.2 Å². The highest BCUT2D eigenvalue weighted by Gasteiger charge is 2.33. The third-order valence-corrected chi connectivity index (χ3v) is 3.45. The van der Waals surface area contributed by atoms with Crippen LogP contribution in [0.2, 0.25) is 0 Å². The van der Waals surface area contributed by atoms with Crippen molar-refractivity contribution in [2.45, 2.75) is 25.1 Å². The standard InChI is InChI=1S/C12H17F3N4/c1-18-7-3-4-9(8-18)19(2)11-6-5-10(16-17-11)12(13,14)15/h5-6,9H,3-4,7-8H2,1-2H3/t9-/m0/s1. The molecule has 2 rings (SSSR count). The van der Waals surface area contributed by atoms with Gasteiger partial charge in [0, 0.05) is 19.6 Å². The van der Waals surface area contributed by atoms with Gasteiger partial charge in [-0.1, -0.05) is 0 Å². The first-order valence-corrected chi connectivity index (χ1v) is 6.20. The van der Waals surface area contributed by atoms with Crippen LogP contribution in [0.3, 0.4) is 0 Å². The van der Waals surface area contributed by atoms with Crippen molar-refractivity contribution in [3.63, 3.8) is 0 Å². The van der Waals surface area contributed by atoms with Crippen molar-refractivity contribution < 1.29 is 13.2 Å². The van der Waals surface area contributed by atoms with E-state index in [1.165, 1.54) is 6.07 Å². The van der Waals surface area contributed by atoms with Crippen LogP contribution in [0.15, 0.2) is 12.1 Å². The van der Waals surface area contributed by atoms with E-state index in [-0.39, 0.29) is 6.04 Å². The number of anilines is 1. The fourth-order valence-corrected chi connectivity index (χ4v) is 2.31. The van der Waals surface area contributed by atoms with Crippen molar-refractivity contribution >= 4 is 5.82 Å². The van der Waals surface area contributed by atoms with Crippen LogP contribution in [0.4, 0.5) is 19.0 Å². The first-order valence-electron chi connectivity index (χ1n) is 6.20. The van der Waals surface area contributed by atoms with Gasteiger partial charge in [-0.3, -0.25) is 0 Å². The third-order valence-electron chi connectivity index (χ3n) is 3.45. The molecule has 2 heterocycles. The number of hydrogen-bond donors (Lipinski definition) is 0. The van der Waals surface area contributed by atoms with E-state index in [4.69, 9.17) is 0 Å². The maximum atomic E-state index is 12.4. The Labute approximate surface area is 110 Å². The summed E-state index contributed by atoms with van der Waals surface area (Å²) in [5.41, 5.74) is -0.953. The van der Waals surface area contributed by atoms with Crippen LogP contribution >= 0.6 is 0 Å². The molecule has 1 saturated heterocycles. The molecule has 0 aromatic carbocycles. The fraction of sp³-hybridized carbons (Fsp3) is 0.667. The van der Waals surface area contributed by atoms with Crippen molar-refractivity contribution in [2.24, 2.45) is 0 Å². The molecule has 0 bridgehead atoms. The van der Waals surface area contributed by atoms with Crippen molar-refractivity contribution in [2.75, 3.05) is 32.1 Å². The second kappa shape index (κ2) is 5.32. The number of nitrogens with zero attached hydrogens (tertiary/aromatic N) is 4. The molecule has 1 atom stereocenters. The van der Waals surface area contributed by atoms with Gasteiger partial charge in [0.05, 0.1) is 0 Å². The van der Waals surface area contributed by atoms with Gasteiger partial charge in [0.25, 0.3) is 0 Å². The Morgan fingerprint density at radius 1 is 1.32 bits per heavy atom. The summed E-state index contributed by atoms with van der Waals surface area (Å²) >= 11 is 0. The summed E-state index contributed by atoms with van der Waals surface area (Å²) in [5.74, 6) is 0.480. The number of likely N-dealkylation sites (N-methyl/N-ethyl adjacent to an activating group) is 2. The Balaban J connectivity index is 2.09. The molecule has 0 spiro atoms. The molecule has 7 heteroatoms. The lowest BCUT2D eigenvalue weighted by Gasteiger charge is -2.36. The molecular weight excluding hydrogens is 257 g/mol. The highest BCUT2D eigenvalue weighted by Crippen LogP contribution is 2.28. The van der Waals surface area contributed by atoms with E-state index in [0.29, 0.717) is 5.82 Å². The summed E-state index contributed by atoms with van der Waals surface area (Å²) in [4.78, 5) is 4.12. The average molecular weight is 274 g/mol. The van der Waals surface area contributed by atoms with Crippen LogP contribution < -0.4 is 4.90 Å². The summed E-state index contributed by atoms with van der Waals surface area (Å²) in [6.45, 7) is 1.95. The van der Waals surface area contributed by atoms with Gasteiger partial charge >= 0.3 is 6.18 Å². The van der Waals surface area contributed by atoms with Crippen molar-refractivity contribution in [1.82, 2.24) is 15.1 Å². The van der Waals surface area contributed by atoms with Crippen molar-refractivity contribution in [1.29, 1.82) is 0 Å². The summed E-state index contributed by atoms with van der Waals surface area (Å²) in [6, 6.07) is 2.63. The van der Waals surface area contributed by atoms with E-state index in [2.05, 4.69) is 15.1 Å². The Morgan fingerprint density at radius 3 is 2.58 bits per heavy atom. The van der Waals surface area contributed by atoms with Crippen LogP contribution in [0.5, 0.6) is 0 Å². The summed E-state index contributed by atoms with van der Waals surface area (Å²) < 4.78 is 37.2. The number of aromatic nitrogens is 2. The zero-order valence-corrected chi connectivity index (χ0v) is 11.0. The highest BCUT2D eigenvalue weighted by molar-refractivity contribution is 5.38. The summed E-state index contributed by atoms with van der Waals surface area (Å²) in [6.07, 6.45) is -2.34. The number of alkyl halides is 3. The molecule has 0 saturated carbocycles. The molecule has 1 aromatic heterocycles. The van der Waals surface area contributed by atoms with Crippen LogP contribution in [0.25, 0.3) is 0 Å². The monoisotopic (exact) mass is 274 g/mol. The van der Waals surface area contributed by atoms with Crippen LogP contribution in [0.1, 0.15) is 18.5 Å². The minimum absolute atomic E-state index is 0.268. The predicted molar refractivity (Wildman–Crippen MR) is 66.0 cm³/mol. The third kappa shape index (κ3) is 3.34. The van der Waals surface area contributed by atoms with E-state index in [1.807, 2.05) is 19.0 Å². The number of rotatable bonds is 2. The number of hydrogen-bond acceptors (Lipinski definition) is 4. The predicted octanol–water partition coefficient (Wildman–Crippen LogP) is 2.03. The van der Waals surface area contributed by atoms with Gasteiger partial charge in [-0.05, 0) is 38.6 Å². The normalized spacial score (nSPS) is 21.4. The molecule has 1 aromatic rings. The molecule has 1 aliphatic rings. The summed E-state index contributed by atoms with van der Waals surface area (Å²) in [5, 5.41) is 6.94. The molecular formula is C12H17F3N4. The minimum atomic E-state index is -4.44. The van der Waals surface area contributed by atoms with E-state index in [9.17, 15) is 13.2 Å². The minimum Gasteiger partial charge on any atom is -0.354 e.